The summed E-state index contributed by atoms with van der Waals surface area (Å²) in [5, 5.41) is 12.2. The summed E-state index contributed by atoms with van der Waals surface area (Å²) in [6, 6.07) is 0.283. The molecule has 6 heteroatoms. The maximum absolute atomic E-state index is 12.5. The third-order valence-electron chi connectivity index (χ3n) is 5.52. The Kier molecular flexibility index (Phi) is 4.10. The van der Waals surface area contributed by atoms with Crippen molar-refractivity contribution in [2.24, 2.45) is 5.92 Å². The van der Waals surface area contributed by atoms with Gasteiger partial charge in [0, 0.05) is 19.0 Å². The molecule has 0 spiro atoms. The summed E-state index contributed by atoms with van der Waals surface area (Å²) >= 11 is 0. The smallest absolute Gasteiger partial charge is 0.329 e. The lowest BCUT2D eigenvalue weighted by atomic mass is 9.96. The van der Waals surface area contributed by atoms with Gasteiger partial charge < -0.3 is 15.3 Å². The lowest BCUT2D eigenvalue weighted by molar-refractivity contribution is -0.148. The molecular weight excluding hydrogens is 284 g/mol. The minimum Gasteiger partial charge on any atom is -0.480 e. The van der Waals surface area contributed by atoms with Crippen LogP contribution in [0.4, 0.5) is 0 Å². The van der Waals surface area contributed by atoms with E-state index in [0.717, 1.165) is 38.5 Å². The summed E-state index contributed by atoms with van der Waals surface area (Å²) in [6.07, 6.45) is 7.19. The summed E-state index contributed by atoms with van der Waals surface area (Å²) in [4.78, 5) is 38.0. The van der Waals surface area contributed by atoms with E-state index in [2.05, 4.69) is 5.32 Å². The van der Waals surface area contributed by atoms with E-state index in [-0.39, 0.29) is 24.3 Å². The van der Waals surface area contributed by atoms with Gasteiger partial charge in [-0.1, -0.05) is 25.7 Å². The predicted octanol–water partition coefficient (Wildman–Crippen LogP) is 1.29. The monoisotopic (exact) mass is 308 g/mol. The first-order valence-corrected chi connectivity index (χ1v) is 8.37. The van der Waals surface area contributed by atoms with Gasteiger partial charge in [-0.3, -0.25) is 9.59 Å². The maximum atomic E-state index is 12.5. The Bertz CT molecular complexity index is 479. The summed E-state index contributed by atoms with van der Waals surface area (Å²) < 4.78 is 0. The second-order valence-electron chi connectivity index (χ2n) is 6.97. The number of carboxylic acid groups (broad SMARTS) is 1. The molecule has 122 valence electrons. The third-order valence-corrected chi connectivity index (χ3v) is 5.52. The van der Waals surface area contributed by atoms with Gasteiger partial charge in [0.2, 0.25) is 11.8 Å². The van der Waals surface area contributed by atoms with Gasteiger partial charge in [-0.2, -0.15) is 0 Å². The molecule has 3 aliphatic rings. The highest BCUT2D eigenvalue weighted by molar-refractivity contribution is 5.93. The molecule has 0 bridgehead atoms. The maximum Gasteiger partial charge on any atom is 0.329 e. The summed E-state index contributed by atoms with van der Waals surface area (Å²) in [5.41, 5.74) is -1.11. The second-order valence-corrected chi connectivity index (χ2v) is 6.97. The molecule has 1 unspecified atom stereocenters. The van der Waals surface area contributed by atoms with Crippen LogP contribution in [0, 0.1) is 5.92 Å². The van der Waals surface area contributed by atoms with Crippen molar-refractivity contribution in [2.75, 3.05) is 6.54 Å². The van der Waals surface area contributed by atoms with Gasteiger partial charge in [0.25, 0.3) is 0 Å². The van der Waals surface area contributed by atoms with Crippen molar-refractivity contribution in [3.63, 3.8) is 0 Å². The van der Waals surface area contributed by atoms with Crippen LogP contribution in [-0.4, -0.2) is 45.9 Å². The van der Waals surface area contributed by atoms with Crippen molar-refractivity contribution < 1.29 is 19.5 Å². The number of carbonyl (C=O) groups is 3. The zero-order chi connectivity index (χ0) is 15.7. The van der Waals surface area contributed by atoms with Crippen LogP contribution in [0.15, 0.2) is 0 Å². The van der Waals surface area contributed by atoms with Gasteiger partial charge in [-0.25, -0.2) is 4.79 Å². The Balaban J connectivity index is 1.63. The van der Waals surface area contributed by atoms with Crippen LogP contribution in [-0.2, 0) is 14.4 Å². The van der Waals surface area contributed by atoms with Crippen LogP contribution in [0.2, 0.25) is 0 Å². The number of nitrogens with one attached hydrogen (secondary N) is 1. The molecule has 1 saturated heterocycles. The molecule has 2 amide bonds. The second kappa shape index (κ2) is 5.89. The van der Waals surface area contributed by atoms with Crippen LogP contribution < -0.4 is 5.32 Å². The molecule has 2 saturated carbocycles. The fraction of sp³-hybridized carbons (Fsp3) is 0.812. The standard InChI is InChI=1S/C16H24N2O4/c19-13-9-11(10-18(13)12-5-1-2-6-12)14(20)17-16(15(21)22)7-3-4-8-16/h11-12H,1-10H2,(H,17,20)(H,21,22). The SMILES string of the molecule is O=C(NC1(C(=O)O)CCCC1)C1CC(=O)N(C2CCCC2)C1. The van der Waals surface area contributed by atoms with Crippen LogP contribution >= 0.6 is 0 Å². The zero-order valence-corrected chi connectivity index (χ0v) is 12.8. The number of hydrogen-bond acceptors (Lipinski definition) is 3. The number of aliphatic carboxylic acids is 1. The normalized spacial score (nSPS) is 28.3. The first-order valence-electron chi connectivity index (χ1n) is 8.37. The molecule has 1 atom stereocenters. The Hall–Kier alpha value is -1.59. The number of likely N-dealkylation sites (tertiary alicyclic amines) is 1. The Labute approximate surface area is 130 Å². The van der Waals surface area contributed by atoms with Crippen LogP contribution in [0.5, 0.6) is 0 Å². The summed E-state index contributed by atoms with van der Waals surface area (Å²) in [6.45, 7) is 0.449. The van der Waals surface area contributed by atoms with Crippen molar-refractivity contribution in [3.05, 3.63) is 0 Å². The molecule has 22 heavy (non-hydrogen) atoms. The molecule has 6 nitrogen and oxygen atoms in total. The number of carbonyl (C=O) groups excluding carboxylic acids is 2. The lowest BCUT2D eigenvalue weighted by Gasteiger charge is -2.27. The molecule has 2 aliphatic carbocycles. The number of nitrogens with zero attached hydrogens (tertiary/aromatic N) is 1. The van der Waals surface area contributed by atoms with E-state index < -0.39 is 17.4 Å². The van der Waals surface area contributed by atoms with E-state index >= 15 is 0 Å². The molecule has 1 heterocycles. The van der Waals surface area contributed by atoms with Crippen molar-refractivity contribution in [1.82, 2.24) is 10.2 Å². The Morgan fingerprint density at radius 3 is 2.36 bits per heavy atom. The Morgan fingerprint density at radius 2 is 1.77 bits per heavy atom. The van der Waals surface area contributed by atoms with E-state index in [0.29, 0.717) is 19.4 Å². The molecule has 3 rings (SSSR count). The molecule has 2 N–H and O–H groups in total. The highest BCUT2D eigenvalue weighted by atomic mass is 16.4. The largest absolute Gasteiger partial charge is 0.480 e. The van der Waals surface area contributed by atoms with E-state index in [9.17, 15) is 19.5 Å². The molecule has 3 fully saturated rings. The van der Waals surface area contributed by atoms with Crippen molar-refractivity contribution in [3.8, 4) is 0 Å². The average Bonchev–Trinajstić information content (AvgIpc) is 3.17. The van der Waals surface area contributed by atoms with Crippen molar-refractivity contribution in [1.29, 1.82) is 0 Å². The summed E-state index contributed by atoms with van der Waals surface area (Å²) in [5.74, 6) is -1.57. The molecule has 0 aromatic heterocycles. The van der Waals surface area contributed by atoms with Crippen molar-refractivity contribution >= 4 is 17.8 Å². The number of amides is 2. The number of rotatable bonds is 4. The molecule has 1 aliphatic heterocycles. The van der Waals surface area contributed by atoms with E-state index in [4.69, 9.17) is 0 Å². The number of carboxylic acids is 1. The first-order chi connectivity index (χ1) is 10.5. The summed E-state index contributed by atoms with van der Waals surface area (Å²) in [7, 11) is 0. The molecule has 0 radical (unpaired) electrons. The lowest BCUT2D eigenvalue weighted by Crippen LogP contribution is -2.54. The fourth-order valence-corrected chi connectivity index (χ4v) is 4.18. The van der Waals surface area contributed by atoms with Gasteiger partial charge in [-0.05, 0) is 25.7 Å². The van der Waals surface area contributed by atoms with Gasteiger partial charge in [0.15, 0.2) is 0 Å². The minimum absolute atomic E-state index is 0.0443. The third kappa shape index (κ3) is 2.71. The van der Waals surface area contributed by atoms with Gasteiger partial charge in [0.1, 0.15) is 5.54 Å². The highest BCUT2D eigenvalue weighted by Crippen LogP contribution is 2.32. The van der Waals surface area contributed by atoms with E-state index in [1.54, 1.807) is 0 Å². The van der Waals surface area contributed by atoms with Crippen LogP contribution in [0.25, 0.3) is 0 Å². The fourth-order valence-electron chi connectivity index (χ4n) is 4.18. The first kappa shape index (κ1) is 15.3. The van der Waals surface area contributed by atoms with Crippen LogP contribution in [0.3, 0.4) is 0 Å². The van der Waals surface area contributed by atoms with Gasteiger partial charge >= 0.3 is 5.97 Å². The average molecular weight is 308 g/mol. The van der Waals surface area contributed by atoms with Crippen LogP contribution in [0.1, 0.15) is 57.8 Å². The van der Waals surface area contributed by atoms with E-state index in [1.165, 1.54) is 0 Å². The number of hydrogen-bond donors (Lipinski definition) is 2. The minimum atomic E-state index is -1.11. The topological polar surface area (TPSA) is 86.7 Å². The predicted molar refractivity (Wildman–Crippen MR) is 79.1 cm³/mol. The highest BCUT2D eigenvalue weighted by Gasteiger charge is 2.46. The van der Waals surface area contributed by atoms with Gasteiger partial charge in [0.05, 0.1) is 5.92 Å². The molecule has 0 aromatic carbocycles. The Morgan fingerprint density at radius 1 is 1.14 bits per heavy atom. The quantitative estimate of drug-likeness (QED) is 0.819. The van der Waals surface area contributed by atoms with E-state index in [1.807, 2.05) is 4.90 Å². The molecular formula is C16H24N2O4. The molecule has 0 aromatic rings. The zero-order valence-electron chi connectivity index (χ0n) is 12.8. The van der Waals surface area contributed by atoms with Crippen molar-refractivity contribution in [2.45, 2.75) is 69.4 Å². The van der Waals surface area contributed by atoms with Gasteiger partial charge in [-0.15, -0.1) is 0 Å².